The lowest BCUT2D eigenvalue weighted by atomic mass is 10.1. The Kier molecular flexibility index (Phi) is 4.75. The number of fused-ring (bicyclic) bond motifs is 1. The summed E-state index contributed by atoms with van der Waals surface area (Å²) in [7, 11) is 0. The minimum absolute atomic E-state index is 0.0664. The van der Waals surface area contributed by atoms with E-state index in [-0.39, 0.29) is 5.56 Å². The molecule has 3 aromatic rings. The highest BCUT2D eigenvalue weighted by molar-refractivity contribution is 5.81. The second-order valence-electron chi connectivity index (χ2n) is 5.55. The average molecular weight is 320 g/mol. The molecule has 0 aliphatic rings. The van der Waals surface area contributed by atoms with Gasteiger partial charge in [-0.15, -0.1) is 6.58 Å². The fourth-order valence-corrected chi connectivity index (χ4v) is 2.66. The molecule has 2 heterocycles. The van der Waals surface area contributed by atoms with Crippen LogP contribution in [0.25, 0.3) is 22.2 Å². The zero-order valence-corrected chi connectivity index (χ0v) is 13.7. The van der Waals surface area contributed by atoms with Crippen molar-refractivity contribution >= 4 is 11.0 Å². The topological polar surface area (TPSA) is 44.1 Å². The third-order valence-electron chi connectivity index (χ3n) is 3.80. The number of aromatic nitrogens is 2. The maximum Gasteiger partial charge on any atom is 0.260 e. The highest BCUT2D eigenvalue weighted by Crippen LogP contribution is 2.23. The van der Waals surface area contributed by atoms with Gasteiger partial charge in [0, 0.05) is 23.7 Å². The fourth-order valence-electron chi connectivity index (χ4n) is 2.66. The van der Waals surface area contributed by atoms with Gasteiger partial charge in [0.2, 0.25) is 0 Å². The zero-order valence-electron chi connectivity index (χ0n) is 13.7. The molecule has 0 aliphatic heterocycles. The molecule has 4 heteroatoms. The van der Waals surface area contributed by atoms with Crippen molar-refractivity contribution in [2.45, 2.75) is 19.9 Å². The van der Waals surface area contributed by atoms with Crippen molar-refractivity contribution in [3.05, 3.63) is 71.7 Å². The number of nitrogens with zero attached hydrogens (tertiary/aromatic N) is 2. The Morgan fingerprint density at radius 2 is 2.04 bits per heavy atom. The lowest BCUT2D eigenvalue weighted by Gasteiger charge is -2.11. The third kappa shape index (κ3) is 3.08. The van der Waals surface area contributed by atoms with Crippen LogP contribution in [0, 0.1) is 0 Å². The van der Waals surface area contributed by atoms with Crippen LogP contribution in [-0.2, 0) is 6.54 Å². The van der Waals surface area contributed by atoms with Gasteiger partial charge < -0.3 is 4.74 Å². The summed E-state index contributed by atoms with van der Waals surface area (Å²) in [4.78, 5) is 17.2. The van der Waals surface area contributed by atoms with Crippen LogP contribution in [0.3, 0.4) is 0 Å². The Labute approximate surface area is 141 Å². The lowest BCUT2D eigenvalue weighted by molar-refractivity contribution is 0.317. The highest BCUT2D eigenvalue weighted by Gasteiger charge is 2.11. The molecule has 0 amide bonds. The fraction of sp³-hybridized carbons (Fsp3) is 0.200. The van der Waals surface area contributed by atoms with Crippen molar-refractivity contribution in [2.75, 3.05) is 6.61 Å². The summed E-state index contributed by atoms with van der Waals surface area (Å²) in [5.41, 5.74) is 2.13. The van der Waals surface area contributed by atoms with E-state index in [2.05, 4.69) is 18.5 Å². The predicted octanol–water partition coefficient (Wildman–Crippen LogP) is 4.04. The van der Waals surface area contributed by atoms with Gasteiger partial charge >= 0.3 is 0 Å². The Bertz CT molecular complexity index is 911. The van der Waals surface area contributed by atoms with Crippen LogP contribution in [0.2, 0.25) is 0 Å². The summed E-state index contributed by atoms with van der Waals surface area (Å²) in [5, 5.41) is 0.931. The van der Waals surface area contributed by atoms with Gasteiger partial charge in [0.15, 0.2) is 0 Å². The monoisotopic (exact) mass is 320 g/mol. The molecule has 0 saturated carbocycles. The maximum absolute atomic E-state index is 12.9. The van der Waals surface area contributed by atoms with Crippen LogP contribution < -0.4 is 10.3 Å². The van der Waals surface area contributed by atoms with E-state index >= 15 is 0 Å². The van der Waals surface area contributed by atoms with Crippen LogP contribution in [0.1, 0.15) is 13.3 Å². The normalized spacial score (nSPS) is 10.7. The number of pyridine rings is 2. The van der Waals surface area contributed by atoms with Crippen molar-refractivity contribution in [3.63, 3.8) is 0 Å². The number of hydrogen-bond acceptors (Lipinski definition) is 3. The zero-order chi connectivity index (χ0) is 16.9. The highest BCUT2D eigenvalue weighted by atomic mass is 16.5. The van der Waals surface area contributed by atoms with Crippen LogP contribution in [0.15, 0.2) is 66.1 Å². The largest absolute Gasteiger partial charge is 0.494 e. The smallest absolute Gasteiger partial charge is 0.260 e. The standard InChI is InChI=1S/C20H20N2O2/c1-3-12-22-19-16(6-5-11-21-19)14-18(20(22)23)15-7-9-17(10-8-15)24-13-4-2/h3,5-11,14H,1,4,12-13H2,2H3. The molecular weight excluding hydrogens is 300 g/mol. The molecule has 0 saturated heterocycles. The number of hydrogen-bond donors (Lipinski definition) is 0. The van der Waals surface area contributed by atoms with E-state index in [0.29, 0.717) is 24.4 Å². The molecule has 4 nitrogen and oxygen atoms in total. The third-order valence-corrected chi connectivity index (χ3v) is 3.80. The minimum Gasteiger partial charge on any atom is -0.494 e. The van der Waals surface area contributed by atoms with Crippen molar-refractivity contribution < 1.29 is 4.74 Å². The maximum atomic E-state index is 12.9. The van der Waals surface area contributed by atoms with E-state index < -0.39 is 0 Å². The van der Waals surface area contributed by atoms with E-state index in [0.717, 1.165) is 23.1 Å². The Morgan fingerprint density at radius 1 is 1.25 bits per heavy atom. The van der Waals surface area contributed by atoms with Crippen molar-refractivity contribution in [1.29, 1.82) is 0 Å². The summed E-state index contributed by atoms with van der Waals surface area (Å²) >= 11 is 0. The molecule has 0 atom stereocenters. The number of allylic oxidation sites excluding steroid dienone is 1. The van der Waals surface area contributed by atoms with Crippen molar-refractivity contribution in [3.8, 4) is 16.9 Å². The SMILES string of the molecule is C=CCn1c(=O)c(-c2ccc(OCCC)cc2)cc2cccnc21. The van der Waals surface area contributed by atoms with Crippen LogP contribution in [0.4, 0.5) is 0 Å². The molecule has 1 aromatic carbocycles. The molecule has 0 spiro atoms. The van der Waals surface area contributed by atoms with Gasteiger partial charge in [-0.1, -0.05) is 25.1 Å². The second kappa shape index (κ2) is 7.13. The van der Waals surface area contributed by atoms with E-state index in [1.807, 2.05) is 42.5 Å². The Balaban J connectivity index is 2.10. The minimum atomic E-state index is -0.0664. The second-order valence-corrected chi connectivity index (χ2v) is 5.55. The lowest BCUT2D eigenvalue weighted by Crippen LogP contribution is -2.22. The Morgan fingerprint density at radius 3 is 2.75 bits per heavy atom. The van der Waals surface area contributed by atoms with Gasteiger partial charge in [0.1, 0.15) is 11.4 Å². The summed E-state index contributed by atoms with van der Waals surface area (Å²) in [6.07, 6.45) is 4.37. The van der Waals surface area contributed by atoms with E-state index in [9.17, 15) is 4.79 Å². The molecule has 0 aliphatic carbocycles. The predicted molar refractivity (Wildman–Crippen MR) is 97.4 cm³/mol. The molecule has 0 fully saturated rings. The first-order valence-corrected chi connectivity index (χ1v) is 8.07. The quantitative estimate of drug-likeness (QED) is 0.644. The summed E-state index contributed by atoms with van der Waals surface area (Å²) in [5.74, 6) is 0.814. The van der Waals surface area contributed by atoms with Gasteiger partial charge in [-0.3, -0.25) is 9.36 Å². The van der Waals surface area contributed by atoms with Crippen LogP contribution in [0.5, 0.6) is 5.75 Å². The van der Waals surface area contributed by atoms with E-state index in [1.165, 1.54) is 0 Å². The molecule has 0 radical (unpaired) electrons. The summed E-state index contributed by atoms with van der Waals surface area (Å²) in [6, 6.07) is 13.4. The van der Waals surface area contributed by atoms with Gasteiger partial charge in [-0.25, -0.2) is 4.98 Å². The van der Waals surface area contributed by atoms with Crippen molar-refractivity contribution in [2.24, 2.45) is 0 Å². The molecule has 2 aromatic heterocycles. The van der Waals surface area contributed by atoms with Crippen molar-refractivity contribution in [1.82, 2.24) is 9.55 Å². The number of ether oxygens (including phenoxy) is 1. The summed E-state index contributed by atoms with van der Waals surface area (Å²) in [6.45, 7) is 6.93. The molecule has 0 unspecified atom stereocenters. The average Bonchev–Trinajstić information content (AvgIpc) is 2.62. The molecule has 0 bridgehead atoms. The van der Waals surface area contributed by atoms with Crippen LogP contribution in [-0.4, -0.2) is 16.2 Å². The molecule has 3 rings (SSSR count). The number of benzene rings is 1. The molecule has 122 valence electrons. The van der Waals surface area contributed by atoms with E-state index in [1.54, 1.807) is 16.8 Å². The first-order chi connectivity index (χ1) is 11.7. The summed E-state index contributed by atoms with van der Waals surface area (Å²) < 4.78 is 7.25. The first kappa shape index (κ1) is 16.0. The van der Waals surface area contributed by atoms with Gasteiger partial charge in [0.25, 0.3) is 5.56 Å². The van der Waals surface area contributed by atoms with Gasteiger partial charge in [-0.2, -0.15) is 0 Å². The van der Waals surface area contributed by atoms with Gasteiger partial charge in [0.05, 0.1) is 6.61 Å². The van der Waals surface area contributed by atoms with E-state index in [4.69, 9.17) is 4.74 Å². The molecule has 0 N–H and O–H groups in total. The molecular formula is C20H20N2O2. The number of rotatable bonds is 6. The van der Waals surface area contributed by atoms with Gasteiger partial charge in [-0.05, 0) is 42.3 Å². The Hall–Kier alpha value is -2.88. The van der Waals surface area contributed by atoms with Crippen LogP contribution >= 0.6 is 0 Å². The first-order valence-electron chi connectivity index (χ1n) is 8.07. The molecule has 24 heavy (non-hydrogen) atoms.